The summed E-state index contributed by atoms with van der Waals surface area (Å²) in [4.78, 5) is 16.2. The molecule has 0 aromatic carbocycles. The highest BCUT2D eigenvalue weighted by atomic mass is 16.6. The first-order chi connectivity index (χ1) is 9.35. The molecule has 20 heavy (non-hydrogen) atoms. The summed E-state index contributed by atoms with van der Waals surface area (Å²) in [6.45, 7) is 9.54. The number of rotatable bonds is 3. The Balaban J connectivity index is 1.71. The normalized spacial score (nSPS) is 28.1. The van der Waals surface area contributed by atoms with Crippen LogP contribution in [0.3, 0.4) is 0 Å². The lowest BCUT2D eigenvalue weighted by Crippen LogP contribution is -2.42. The van der Waals surface area contributed by atoms with E-state index in [1.165, 1.54) is 19.4 Å². The summed E-state index contributed by atoms with van der Waals surface area (Å²) in [6.07, 6.45) is 3.43. The van der Waals surface area contributed by atoms with Gasteiger partial charge in [-0.3, -0.25) is 0 Å². The van der Waals surface area contributed by atoms with Crippen molar-refractivity contribution >= 4 is 6.09 Å². The van der Waals surface area contributed by atoms with Gasteiger partial charge in [0.1, 0.15) is 5.60 Å². The average molecular weight is 283 g/mol. The first-order valence-corrected chi connectivity index (χ1v) is 7.77. The van der Waals surface area contributed by atoms with Gasteiger partial charge in [-0.15, -0.1) is 0 Å². The molecule has 2 aliphatic rings. The van der Waals surface area contributed by atoms with E-state index in [1.54, 1.807) is 0 Å². The topological polar surface area (TPSA) is 44.8 Å². The van der Waals surface area contributed by atoms with Crippen LogP contribution in [0.25, 0.3) is 0 Å². The van der Waals surface area contributed by atoms with Gasteiger partial charge in [-0.1, -0.05) is 0 Å². The maximum Gasteiger partial charge on any atom is 0.410 e. The minimum absolute atomic E-state index is 0.181. The Morgan fingerprint density at radius 3 is 2.65 bits per heavy atom. The molecule has 0 bridgehead atoms. The lowest BCUT2D eigenvalue weighted by molar-refractivity contribution is 0.0291. The van der Waals surface area contributed by atoms with E-state index < -0.39 is 5.60 Å². The second-order valence-electron chi connectivity index (χ2n) is 7.10. The summed E-state index contributed by atoms with van der Waals surface area (Å²) in [5.74, 6) is 0. The molecule has 5 nitrogen and oxygen atoms in total. The lowest BCUT2D eigenvalue weighted by atomic mass is 10.2. The molecule has 1 amide bonds. The number of amides is 1. The average Bonchev–Trinajstić information content (AvgIpc) is 2.93. The molecule has 0 saturated carbocycles. The van der Waals surface area contributed by atoms with Gasteiger partial charge in [-0.05, 0) is 53.6 Å². The van der Waals surface area contributed by atoms with E-state index in [0.717, 1.165) is 26.1 Å². The van der Waals surface area contributed by atoms with Crippen LogP contribution in [0.15, 0.2) is 0 Å². The van der Waals surface area contributed by atoms with Gasteiger partial charge >= 0.3 is 6.09 Å². The summed E-state index contributed by atoms with van der Waals surface area (Å²) in [7, 11) is 2.20. The van der Waals surface area contributed by atoms with E-state index in [9.17, 15) is 4.79 Å². The van der Waals surface area contributed by atoms with Gasteiger partial charge < -0.3 is 19.9 Å². The van der Waals surface area contributed by atoms with Crippen molar-refractivity contribution in [3.8, 4) is 0 Å². The van der Waals surface area contributed by atoms with E-state index in [2.05, 4.69) is 17.3 Å². The Morgan fingerprint density at radius 1 is 1.30 bits per heavy atom. The van der Waals surface area contributed by atoms with Gasteiger partial charge in [0.05, 0.1) is 0 Å². The van der Waals surface area contributed by atoms with Crippen LogP contribution in [-0.4, -0.2) is 66.8 Å². The molecule has 116 valence electrons. The number of carbonyl (C=O) groups is 1. The Kier molecular flexibility index (Phi) is 4.91. The van der Waals surface area contributed by atoms with Gasteiger partial charge in [0.25, 0.3) is 0 Å². The zero-order valence-electron chi connectivity index (χ0n) is 13.3. The highest BCUT2D eigenvalue weighted by Crippen LogP contribution is 2.17. The molecule has 2 saturated heterocycles. The molecule has 2 atom stereocenters. The summed E-state index contributed by atoms with van der Waals surface area (Å²) < 4.78 is 5.42. The zero-order valence-corrected chi connectivity index (χ0v) is 13.3. The fraction of sp³-hybridized carbons (Fsp3) is 0.933. The van der Waals surface area contributed by atoms with Crippen molar-refractivity contribution in [1.29, 1.82) is 0 Å². The van der Waals surface area contributed by atoms with Gasteiger partial charge in [-0.2, -0.15) is 0 Å². The number of ether oxygens (including phenoxy) is 1. The third kappa shape index (κ3) is 4.35. The van der Waals surface area contributed by atoms with Gasteiger partial charge in [0.2, 0.25) is 0 Å². The third-order valence-corrected chi connectivity index (χ3v) is 4.15. The first kappa shape index (κ1) is 15.6. The van der Waals surface area contributed by atoms with Crippen molar-refractivity contribution in [2.24, 2.45) is 0 Å². The molecule has 0 aliphatic carbocycles. The van der Waals surface area contributed by atoms with Gasteiger partial charge in [0.15, 0.2) is 0 Å². The number of carbonyl (C=O) groups excluding carboxylic acids is 1. The number of likely N-dealkylation sites (N-methyl/N-ethyl adjacent to an activating group) is 1. The van der Waals surface area contributed by atoms with E-state index in [-0.39, 0.29) is 6.09 Å². The van der Waals surface area contributed by atoms with Crippen molar-refractivity contribution in [1.82, 2.24) is 15.1 Å². The smallest absolute Gasteiger partial charge is 0.410 e. The van der Waals surface area contributed by atoms with E-state index in [1.807, 2.05) is 25.7 Å². The molecule has 5 heteroatoms. The van der Waals surface area contributed by atoms with E-state index in [4.69, 9.17) is 4.74 Å². The highest BCUT2D eigenvalue weighted by Gasteiger charge is 2.30. The van der Waals surface area contributed by atoms with Gasteiger partial charge in [-0.25, -0.2) is 4.79 Å². The Morgan fingerprint density at radius 2 is 2.05 bits per heavy atom. The Hall–Kier alpha value is -0.810. The number of likely N-dealkylation sites (tertiary alicyclic amines) is 2. The molecular formula is C15H29N3O2. The van der Waals surface area contributed by atoms with Crippen LogP contribution in [0.1, 0.15) is 40.0 Å². The molecule has 2 fully saturated rings. The predicted molar refractivity (Wildman–Crippen MR) is 79.9 cm³/mol. The highest BCUT2D eigenvalue weighted by molar-refractivity contribution is 5.68. The van der Waals surface area contributed by atoms with Crippen molar-refractivity contribution < 1.29 is 9.53 Å². The van der Waals surface area contributed by atoms with Crippen LogP contribution < -0.4 is 5.32 Å². The molecule has 2 unspecified atom stereocenters. The minimum Gasteiger partial charge on any atom is -0.444 e. The maximum absolute atomic E-state index is 12.0. The largest absolute Gasteiger partial charge is 0.444 e. The number of nitrogens with zero attached hydrogens (tertiary/aromatic N) is 2. The van der Waals surface area contributed by atoms with Crippen molar-refractivity contribution in [2.75, 3.05) is 33.2 Å². The molecule has 0 spiro atoms. The molecule has 0 aromatic heterocycles. The zero-order chi connectivity index (χ0) is 14.8. The predicted octanol–water partition coefficient (Wildman–Crippen LogP) is 1.68. The van der Waals surface area contributed by atoms with Crippen LogP contribution in [-0.2, 0) is 4.74 Å². The van der Waals surface area contributed by atoms with Crippen molar-refractivity contribution in [3.05, 3.63) is 0 Å². The summed E-state index contributed by atoms with van der Waals surface area (Å²) in [5, 5.41) is 3.61. The van der Waals surface area contributed by atoms with E-state index >= 15 is 0 Å². The van der Waals surface area contributed by atoms with Crippen molar-refractivity contribution in [2.45, 2.75) is 57.7 Å². The third-order valence-electron chi connectivity index (χ3n) is 4.15. The van der Waals surface area contributed by atoms with Crippen LogP contribution in [0.5, 0.6) is 0 Å². The molecule has 2 rings (SSSR count). The molecule has 2 heterocycles. The summed E-state index contributed by atoms with van der Waals surface area (Å²) >= 11 is 0. The van der Waals surface area contributed by atoms with Crippen LogP contribution in [0, 0.1) is 0 Å². The number of nitrogens with one attached hydrogen (secondary N) is 1. The second-order valence-corrected chi connectivity index (χ2v) is 7.10. The molecule has 2 aliphatic heterocycles. The van der Waals surface area contributed by atoms with Crippen LogP contribution >= 0.6 is 0 Å². The minimum atomic E-state index is -0.408. The molecule has 1 N–H and O–H groups in total. The Labute approximate surface area is 122 Å². The fourth-order valence-electron chi connectivity index (χ4n) is 2.96. The molecular weight excluding hydrogens is 254 g/mol. The second kappa shape index (κ2) is 6.31. The Bertz CT molecular complexity index is 341. The summed E-state index contributed by atoms with van der Waals surface area (Å²) in [6, 6.07) is 1.07. The fourth-order valence-corrected chi connectivity index (χ4v) is 2.96. The van der Waals surface area contributed by atoms with Crippen LogP contribution in [0.2, 0.25) is 0 Å². The summed E-state index contributed by atoms with van der Waals surface area (Å²) in [5.41, 5.74) is -0.408. The molecule has 0 radical (unpaired) electrons. The lowest BCUT2D eigenvalue weighted by Gasteiger charge is -2.25. The van der Waals surface area contributed by atoms with Gasteiger partial charge in [0, 0.05) is 31.7 Å². The number of hydrogen-bond acceptors (Lipinski definition) is 4. The maximum atomic E-state index is 12.0. The SMILES string of the molecule is CN1CCCC1CNC1CCN(C(=O)OC(C)(C)C)C1. The van der Waals surface area contributed by atoms with Crippen LogP contribution in [0.4, 0.5) is 4.79 Å². The van der Waals surface area contributed by atoms with Crippen molar-refractivity contribution in [3.63, 3.8) is 0 Å². The monoisotopic (exact) mass is 283 g/mol. The number of hydrogen-bond donors (Lipinski definition) is 1. The molecule has 0 aromatic rings. The standard InChI is InChI=1S/C15H29N3O2/c1-15(2,3)20-14(19)18-9-7-12(11-18)16-10-13-6-5-8-17(13)4/h12-13,16H,5-11H2,1-4H3. The first-order valence-electron chi connectivity index (χ1n) is 7.77. The quantitative estimate of drug-likeness (QED) is 0.856. The van der Waals surface area contributed by atoms with E-state index in [0.29, 0.717) is 12.1 Å².